The third kappa shape index (κ3) is 5.26. The van der Waals surface area contributed by atoms with E-state index < -0.39 is 0 Å². The molecule has 112 valence electrons. The number of rotatable bonds is 9. The number of nitrogens with zero attached hydrogens (tertiary/aromatic N) is 1. The molecule has 2 heteroatoms. The second-order valence-corrected chi connectivity index (χ2v) is 6.49. The van der Waals surface area contributed by atoms with E-state index in [1.165, 1.54) is 49.9 Å². The zero-order valence-corrected chi connectivity index (χ0v) is 13.2. The van der Waals surface area contributed by atoms with E-state index >= 15 is 0 Å². The van der Waals surface area contributed by atoms with Crippen LogP contribution in [0.1, 0.15) is 50.7 Å². The van der Waals surface area contributed by atoms with Crippen molar-refractivity contribution in [3.05, 3.63) is 35.4 Å². The molecule has 1 aliphatic heterocycles. The predicted molar refractivity (Wildman–Crippen MR) is 86.7 cm³/mol. The van der Waals surface area contributed by atoms with Gasteiger partial charge >= 0.3 is 0 Å². The minimum atomic E-state index is 0.770. The van der Waals surface area contributed by atoms with Gasteiger partial charge in [0.25, 0.3) is 0 Å². The van der Waals surface area contributed by atoms with Gasteiger partial charge in [0.1, 0.15) is 0 Å². The molecule has 0 aliphatic carbocycles. The minimum Gasteiger partial charge on any atom is -0.316 e. The van der Waals surface area contributed by atoms with E-state index in [1.807, 2.05) is 0 Å². The maximum atomic E-state index is 3.52. The fraction of sp³-hybridized carbons (Fsp3) is 0.667. The lowest BCUT2D eigenvalue weighted by Gasteiger charge is -2.14. The van der Waals surface area contributed by atoms with E-state index in [9.17, 15) is 0 Å². The van der Waals surface area contributed by atoms with Crippen LogP contribution >= 0.6 is 0 Å². The summed E-state index contributed by atoms with van der Waals surface area (Å²) in [6, 6.07) is 8.87. The Morgan fingerprint density at radius 1 is 1.00 bits per heavy atom. The molecule has 0 atom stereocenters. The van der Waals surface area contributed by atoms with Crippen LogP contribution in [0.5, 0.6) is 0 Å². The van der Waals surface area contributed by atoms with Gasteiger partial charge in [0.05, 0.1) is 0 Å². The van der Waals surface area contributed by atoms with Crippen LogP contribution < -0.4 is 5.32 Å². The Bertz CT molecular complexity index is 362. The highest BCUT2D eigenvalue weighted by Crippen LogP contribution is 2.22. The van der Waals surface area contributed by atoms with Gasteiger partial charge in [0.2, 0.25) is 0 Å². The number of hydrogen-bond acceptors (Lipinski definition) is 2. The van der Waals surface area contributed by atoms with Gasteiger partial charge in [-0.2, -0.15) is 0 Å². The SMILES string of the molecule is CC(C)CNCCCCCCN1Cc2ccccc2C1. The van der Waals surface area contributed by atoms with Gasteiger partial charge in [0, 0.05) is 13.1 Å². The topological polar surface area (TPSA) is 15.3 Å². The molecule has 0 bridgehead atoms. The lowest BCUT2D eigenvalue weighted by atomic mass is 10.1. The molecule has 0 aromatic heterocycles. The van der Waals surface area contributed by atoms with Crippen molar-refractivity contribution in [3.63, 3.8) is 0 Å². The van der Waals surface area contributed by atoms with Gasteiger partial charge in [-0.05, 0) is 49.5 Å². The zero-order valence-electron chi connectivity index (χ0n) is 13.2. The molecule has 2 nitrogen and oxygen atoms in total. The summed E-state index contributed by atoms with van der Waals surface area (Å²) in [7, 11) is 0. The van der Waals surface area contributed by atoms with Crippen molar-refractivity contribution in [3.8, 4) is 0 Å². The first-order valence-electron chi connectivity index (χ1n) is 8.25. The van der Waals surface area contributed by atoms with Gasteiger partial charge in [-0.3, -0.25) is 4.90 Å². The van der Waals surface area contributed by atoms with Crippen LogP contribution in [0.3, 0.4) is 0 Å². The van der Waals surface area contributed by atoms with Crippen molar-refractivity contribution in [2.75, 3.05) is 19.6 Å². The van der Waals surface area contributed by atoms with Crippen molar-refractivity contribution >= 4 is 0 Å². The molecule has 0 saturated heterocycles. The van der Waals surface area contributed by atoms with Gasteiger partial charge in [-0.1, -0.05) is 51.0 Å². The maximum Gasteiger partial charge on any atom is 0.0240 e. The number of unbranched alkanes of at least 4 members (excludes halogenated alkanes) is 3. The molecule has 1 N–H and O–H groups in total. The van der Waals surface area contributed by atoms with Crippen molar-refractivity contribution < 1.29 is 0 Å². The Labute approximate surface area is 124 Å². The summed E-state index contributed by atoms with van der Waals surface area (Å²) in [5, 5.41) is 3.52. The molecule has 0 unspecified atom stereocenters. The van der Waals surface area contributed by atoms with E-state index in [0.717, 1.165) is 25.6 Å². The summed E-state index contributed by atoms with van der Waals surface area (Å²) in [5.74, 6) is 0.770. The molecule has 0 saturated carbocycles. The first kappa shape index (κ1) is 15.5. The average molecular weight is 274 g/mol. The summed E-state index contributed by atoms with van der Waals surface area (Å²) in [5.41, 5.74) is 3.07. The quantitative estimate of drug-likeness (QED) is 0.689. The summed E-state index contributed by atoms with van der Waals surface area (Å²) in [6.45, 7) is 10.5. The minimum absolute atomic E-state index is 0.770. The molecule has 2 rings (SSSR count). The molecule has 0 radical (unpaired) electrons. The third-order valence-corrected chi connectivity index (χ3v) is 4.04. The standard InChI is InChI=1S/C18H30N2/c1-16(2)13-19-11-7-3-4-8-12-20-14-17-9-5-6-10-18(17)15-20/h5-6,9-10,16,19H,3-4,7-8,11-15H2,1-2H3. The van der Waals surface area contributed by atoms with Crippen LogP contribution in [-0.4, -0.2) is 24.5 Å². The number of hydrogen-bond donors (Lipinski definition) is 1. The normalized spacial score (nSPS) is 14.9. The number of fused-ring (bicyclic) bond motifs is 1. The Kier molecular flexibility index (Phi) is 6.55. The average Bonchev–Trinajstić information content (AvgIpc) is 2.84. The predicted octanol–water partition coefficient (Wildman–Crippen LogP) is 3.81. The second kappa shape index (κ2) is 8.43. The molecule has 0 fully saturated rings. The second-order valence-electron chi connectivity index (χ2n) is 6.49. The van der Waals surface area contributed by atoms with Gasteiger partial charge in [0.15, 0.2) is 0 Å². The van der Waals surface area contributed by atoms with E-state index in [1.54, 1.807) is 0 Å². The number of benzene rings is 1. The van der Waals surface area contributed by atoms with Crippen LogP contribution in [-0.2, 0) is 13.1 Å². The molecule has 20 heavy (non-hydrogen) atoms. The lowest BCUT2D eigenvalue weighted by Crippen LogP contribution is -2.20. The van der Waals surface area contributed by atoms with E-state index in [-0.39, 0.29) is 0 Å². The third-order valence-electron chi connectivity index (χ3n) is 4.04. The number of nitrogens with one attached hydrogen (secondary N) is 1. The lowest BCUT2D eigenvalue weighted by molar-refractivity contribution is 0.276. The first-order chi connectivity index (χ1) is 9.75. The van der Waals surface area contributed by atoms with Crippen LogP contribution in [0.15, 0.2) is 24.3 Å². The Hall–Kier alpha value is -0.860. The Balaban J connectivity index is 1.47. The molecule has 1 heterocycles. The zero-order chi connectivity index (χ0) is 14.2. The van der Waals surface area contributed by atoms with Crippen molar-refractivity contribution in [2.45, 2.75) is 52.6 Å². The van der Waals surface area contributed by atoms with E-state index in [0.29, 0.717) is 0 Å². The monoisotopic (exact) mass is 274 g/mol. The largest absolute Gasteiger partial charge is 0.316 e. The van der Waals surface area contributed by atoms with Gasteiger partial charge in [-0.15, -0.1) is 0 Å². The van der Waals surface area contributed by atoms with Crippen LogP contribution in [0.4, 0.5) is 0 Å². The highest BCUT2D eigenvalue weighted by Gasteiger charge is 2.16. The molecular formula is C18H30N2. The fourth-order valence-corrected chi connectivity index (χ4v) is 2.89. The van der Waals surface area contributed by atoms with Crippen molar-refractivity contribution in [1.29, 1.82) is 0 Å². The summed E-state index contributed by atoms with van der Waals surface area (Å²) in [6.07, 6.45) is 5.41. The van der Waals surface area contributed by atoms with Gasteiger partial charge in [-0.25, -0.2) is 0 Å². The maximum absolute atomic E-state index is 3.52. The van der Waals surface area contributed by atoms with Crippen LogP contribution in [0, 0.1) is 5.92 Å². The molecule has 1 aliphatic rings. The Morgan fingerprint density at radius 2 is 1.65 bits per heavy atom. The van der Waals surface area contributed by atoms with Crippen molar-refractivity contribution in [1.82, 2.24) is 10.2 Å². The fourth-order valence-electron chi connectivity index (χ4n) is 2.89. The molecule has 1 aromatic rings. The van der Waals surface area contributed by atoms with Crippen LogP contribution in [0.25, 0.3) is 0 Å². The smallest absolute Gasteiger partial charge is 0.0240 e. The highest BCUT2D eigenvalue weighted by atomic mass is 15.1. The van der Waals surface area contributed by atoms with E-state index in [4.69, 9.17) is 0 Å². The Morgan fingerprint density at radius 3 is 2.30 bits per heavy atom. The summed E-state index contributed by atoms with van der Waals surface area (Å²) in [4.78, 5) is 2.58. The first-order valence-corrected chi connectivity index (χ1v) is 8.25. The summed E-state index contributed by atoms with van der Waals surface area (Å²) < 4.78 is 0. The molecular weight excluding hydrogens is 244 g/mol. The highest BCUT2D eigenvalue weighted by molar-refractivity contribution is 5.30. The molecule has 0 amide bonds. The molecule has 0 spiro atoms. The van der Waals surface area contributed by atoms with E-state index in [2.05, 4.69) is 48.3 Å². The van der Waals surface area contributed by atoms with Crippen molar-refractivity contribution in [2.24, 2.45) is 5.92 Å². The summed E-state index contributed by atoms with van der Waals surface area (Å²) >= 11 is 0. The molecule has 1 aromatic carbocycles. The van der Waals surface area contributed by atoms with Crippen LogP contribution in [0.2, 0.25) is 0 Å². The van der Waals surface area contributed by atoms with Gasteiger partial charge < -0.3 is 5.32 Å².